The van der Waals surface area contributed by atoms with Gasteiger partial charge < -0.3 is 14.8 Å². The van der Waals surface area contributed by atoms with Crippen molar-refractivity contribution >= 4 is 17.5 Å². The second kappa shape index (κ2) is 10.7. The molecule has 2 aromatic rings. The minimum absolute atomic E-state index is 0.0888. The molecule has 2 aromatic carbocycles. The average Bonchev–Trinajstić information content (AvgIpc) is 2.66. The number of nitrogens with one attached hydrogen (secondary N) is 1. The van der Waals surface area contributed by atoms with Gasteiger partial charge in [0, 0.05) is 11.6 Å². The van der Waals surface area contributed by atoms with E-state index in [1.165, 1.54) is 5.56 Å². The molecule has 0 saturated heterocycles. The van der Waals surface area contributed by atoms with Crippen LogP contribution < -0.4 is 14.8 Å². The molecule has 1 N–H and O–H groups in total. The lowest BCUT2D eigenvalue weighted by Crippen LogP contribution is -2.38. The van der Waals surface area contributed by atoms with Crippen LogP contribution >= 0.6 is 11.6 Å². The Bertz CT molecular complexity index is 671. The first-order chi connectivity index (χ1) is 12.6. The molecule has 26 heavy (non-hydrogen) atoms. The number of hydrogen-bond acceptors (Lipinski definition) is 3. The molecule has 5 heteroatoms. The van der Waals surface area contributed by atoms with Gasteiger partial charge in [-0.1, -0.05) is 30.7 Å². The average molecular weight is 376 g/mol. The smallest absolute Gasteiger partial charge is 0.261 e. The lowest BCUT2D eigenvalue weighted by Gasteiger charge is -2.17. The molecule has 0 aromatic heterocycles. The van der Waals surface area contributed by atoms with Crippen molar-refractivity contribution in [2.45, 2.75) is 39.2 Å². The largest absolute Gasteiger partial charge is 0.494 e. The maximum Gasteiger partial charge on any atom is 0.261 e. The summed E-state index contributed by atoms with van der Waals surface area (Å²) in [6, 6.07) is 15.1. The van der Waals surface area contributed by atoms with Crippen LogP contribution in [-0.4, -0.2) is 25.2 Å². The first-order valence-corrected chi connectivity index (χ1v) is 9.41. The number of carbonyl (C=O) groups is 1. The molecule has 4 nitrogen and oxygen atoms in total. The molecule has 0 aliphatic heterocycles. The summed E-state index contributed by atoms with van der Waals surface area (Å²) in [7, 11) is 0. The number of ether oxygens (including phenoxy) is 2. The Balaban J connectivity index is 1.73. The van der Waals surface area contributed by atoms with E-state index in [-0.39, 0.29) is 5.91 Å². The highest BCUT2D eigenvalue weighted by Crippen LogP contribution is 2.18. The van der Waals surface area contributed by atoms with E-state index >= 15 is 0 Å². The van der Waals surface area contributed by atoms with E-state index in [2.05, 4.69) is 17.4 Å². The van der Waals surface area contributed by atoms with E-state index in [9.17, 15) is 4.79 Å². The molecule has 0 aliphatic rings. The third kappa shape index (κ3) is 6.60. The normalized spacial score (nSPS) is 11.7. The second-order valence-corrected chi connectivity index (χ2v) is 6.38. The van der Waals surface area contributed by atoms with Gasteiger partial charge in [-0.05, 0) is 68.1 Å². The fourth-order valence-electron chi connectivity index (χ4n) is 2.54. The maximum atomic E-state index is 12.3. The van der Waals surface area contributed by atoms with Gasteiger partial charge in [0.05, 0.1) is 6.61 Å². The molecule has 0 spiro atoms. The van der Waals surface area contributed by atoms with Gasteiger partial charge in [0.1, 0.15) is 11.5 Å². The number of hydrogen-bond donors (Lipinski definition) is 1. The lowest BCUT2D eigenvalue weighted by atomic mass is 10.1. The zero-order chi connectivity index (χ0) is 18.8. The fourth-order valence-corrected chi connectivity index (χ4v) is 2.66. The van der Waals surface area contributed by atoms with Crippen molar-refractivity contribution in [3.63, 3.8) is 0 Å². The molecule has 0 radical (unpaired) electrons. The molecule has 0 aliphatic carbocycles. The van der Waals surface area contributed by atoms with Crippen LogP contribution in [0, 0.1) is 0 Å². The number of amides is 1. The van der Waals surface area contributed by atoms with E-state index < -0.39 is 6.10 Å². The van der Waals surface area contributed by atoms with Gasteiger partial charge >= 0.3 is 0 Å². The van der Waals surface area contributed by atoms with E-state index in [1.807, 2.05) is 26.0 Å². The van der Waals surface area contributed by atoms with Crippen molar-refractivity contribution in [2.75, 3.05) is 13.2 Å². The first kappa shape index (κ1) is 20.1. The number of rotatable bonds is 10. The summed E-state index contributed by atoms with van der Waals surface area (Å²) < 4.78 is 11.2. The lowest BCUT2D eigenvalue weighted by molar-refractivity contribution is -0.128. The number of aryl methyl sites for hydroxylation is 1. The van der Waals surface area contributed by atoms with Crippen LogP contribution in [0.25, 0.3) is 0 Å². The fraction of sp³-hybridized carbons (Fsp3) is 0.381. The quantitative estimate of drug-likeness (QED) is 0.615. The molecule has 140 valence electrons. The third-order valence-electron chi connectivity index (χ3n) is 3.93. The van der Waals surface area contributed by atoms with Gasteiger partial charge in [-0.15, -0.1) is 0 Å². The summed E-state index contributed by atoms with van der Waals surface area (Å²) in [5, 5.41) is 3.60. The van der Waals surface area contributed by atoms with Gasteiger partial charge in [-0.2, -0.15) is 0 Å². The molecule has 1 amide bonds. The summed E-state index contributed by atoms with van der Waals surface area (Å²) >= 11 is 5.86. The van der Waals surface area contributed by atoms with E-state index in [1.54, 1.807) is 24.3 Å². The zero-order valence-electron chi connectivity index (χ0n) is 15.3. The van der Waals surface area contributed by atoms with Crippen LogP contribution in [0.4, 0.5) is 0 Å². The first-order valence-electron chi connectivity index (χ1n) is 9.04. The molecular weight excluding hydrogens is 350 g/mol. The van der Waals surface area contributed by atoms with E-state index in [0.29, 0.717) is 30.3 Å². The molecule has 1 unspecified atom stereocenters. The molecule has 0 fully saturated rings. The molecule has 1 atom stereocenters. The highest BCUT2D eigenvalue weighted by molar-refractivity contribution is 6.30. The van der Waals surface area contributed by atoms with Crippen molar-refractivity contribution in [1.82, 2.24) is 5.32 Å². The monoisotopic (exact) mass is 375 g/mol. The van der Waals surface area contributed by atoms with Crippen molar-refractivity contribution in [2.24, 2.45) is 0 Å². The third-order valence-corrected chi connectivity index (χ3v) is 4.18. The Hall–Kier alpha value is -2.20. The summed E-state index contributed by atoms with van der Waals surface area (Å²) in [6.45, 7) is 5.19. The van der Waals surface area contributed by atoms with Crippen molar-refractivity contribution < 1.29 is 14.3 Å². The number of carbonyl (C=O) groups excluding carboxylic acids is 1. The number of benzene rings is 2. The Morgan fingerprint density at radius 2 is 1.69 bits per heavy atom. The van der Waals surface area contributed by atoms with Gasteiger partial charge in [-0.3, -0.25) is 4.79 Å². The van der Waals surface area contributed by atoms with Crippen LogP contribution in [0.1, 0.15) is 32.3 Å². The molecular formula is C21H26ClNO3. The Labute approximate surface area is 160 Å². The summed E-state index contributed by atoms with van der Waals surface area (Å²) in [5.74, 6) is 1.44. The minimum atomic E-state index is -0.498. The predicted molar refractivity (Wildman–Crippen MR) is 105 cm³/mol. The van der Waals surface area contributed by atoms with Crippen LogP contribution in [0.3, 0.4) is 0 Å². The standard InChI is InChI=1S/C21H26ClNO3/c1-3-20(26-19-13-9-17(22)10-14-19)21(24)23-15-5-6-16-7-11-18(12-8-16)25-4-2/h7-14,20H,3-6,15H2,1-2H3,(H,23,24). The van der Waals surface area contributed by atoms with Crippen molar-refractivity contribution in [3.05, 3.63) is 59.1 Å². The Morgan fingerprint density at radius 1 is 1.04 bits per heavy atom. The van der Waals surface area contributed by atoms with Gasteiger partial charge in [0.25, 0.3) is 5.91 Å². The SMILES string of the molecule is CCOc1ccc(CCCNC(=O)C(CC)Oc2ccc(Cl)cc2)cc1. The Morgan fingerprint density at radius 3 is 2.31 bits per heavy atom. The molecule has 0 heterocycles. The predicted octanol–water partition coefficient (Wildman–Crippen LogP) is 4.65. The number of halogens is 1. The summed E-state index contributed by atoms with van der Waals surface area (Å²) in [6.07, 6.45) is 1.88. The van der Waals surface area contributed by atoms with Crippen molar-refractivity contribution in [3.8, 4) is 11.5 Å². The van der Waals surface area contributed by atoms with Crippen LogP contribution in [-0.2, 0) is 11.2 Å². The maximum absolute atomic E-state index is 12.3. The highest BCUT2D eigenvalue weighted by Gasteiger charge is 2.17. The summed E-state index contributed by atoms with van der Waals surface area (Å²) in [5.41, 5.74) is 1.23. The van der Waals surface area contributed by atoms with Gasteiger partial charge in [0.15, 0.2) is 6.10 Å². The van der Waals surface area contributed by atoms with E-state index in [0.717, 1.165) is 18.6 Å². The van der Waals surface area contributed by atoms with Crippen molar-refractivity contribution in [1.29, 1.82) is 0 Å². The van der Waals surface area contributed by atoms with Crippen LogP contribution in [0.2, 0.25) is 5.02 Å². The topological polar surface area (TPSA) is 47.6 Å². The van der Waals surface area contributed by atoms with Gasteiger partial charge in [0.2, 0.25) is 0 Å². The Kier molecular flexibility index (Phi) is 8.29. The zero-order valence-corrected chi connectivity index (χ0v) is 16.1. The highest BCUT2D eigenvalue weighted by atomic mass is 35.5. The molecule has 0 bridgehead atoms. The summed E-state index contributed by atoms with van der Waals surface area (Å²) in [4.78, 5) is 12.3. The minimum Gasteiger partial charge on any atom is -0.494 e. The molecule has 2 rings (SSSR count). The van der Waals surface area contributed by atoms with Crippen LogP contribution in [0.15, 0.2) is 48.5 Å². The molecule has 0 saturated carbocycles. The second-order valence-electron chi connectivity index (χ2n) is 5.94. The van der Waals surface area contributed by atoms with Crippen LogP contribution in [0.5, 0.6) is 11.5 Å². The van der Waals surface area contributed by atoms with Gasteiger partial charge in [-0.25, -0.2) is 0 Å². The van der Waals surface area contributed by atoms with E-state index in [4.69, 9.17) is 21.1 Å².